The molecule has 19 heavy (non-hydrogen) atoms. The van der Waals surface area contributed by atoms with Crippen LogP contribution in [0.3, 0.4) is 0 Å². The fourth-order valence-electron chi connectivity index (χ4n) is 2.47. The summed E-state index contributed by atoms with van der Waals surface area (Å²) in [6.45, 7) is 2.03. The molecule has 1 fully saturated rings. The highest BCUT2D eigenvalue weighted by Crippen LogP contribution is 2.39. The van der Waals surface area contributed by atoms with Gasteiger partial charge in [-0.2, -0.15) is 0 Å². The lowest BCUT2D eigenvalue weighted by Crippen LogP contribution is -2.40. The molecule has 1 aliphatic heterocycles. The normalized spacial score (nSPS) is 22.2. The number of nitrogens with one attached hydrogen (secondary N) is 1. The summed E-state index contributed by atoms with van der Waals surface area (Å²) in [5.41, 5.74) is 0.712. The predicted octanol–water partition coefficient (Wildman–Crippen LogP) is 2.57. The minimum atomic E-state index is -0.236. The van der Waals surface area contributed by atoms with E-state index >= 15 is 0 Å². The molecule has 1 atom stereocenters. The summed E-state index contributed by atoms with van der Waals surface area (Å²) in [6, 6.07) is 3.75. The summed E-state index contributed by atoms with van der Waals surface area (Å²) >= 11 is 6.35. The lowest BCUT2D eigenvalue weighted by atomic mass is 9.91. The maximum absolute atomic E-state index is 11.4. The van der Waals surface area contributed by atoms with Gasteiger partial charge >= 0.3 is 0 Å². The average molecular weight is 284 g/mol. The zero-order valence-corrected chi connectivity index (χ0v) is 12.1. The van der Waals surface area contributed by atoms with Crippen LogP contribution in [0.4, 0.5) is 0 Å². The second-order valence-electron chi connectivity index (χ2n) is 5.06. The molecule has 2 rings (SSSR count). The molecule has 1 saturated heterocycles. The van der Waals surface area contributed by atoms with Crippen molar-refractivity contribution in [2.24, 2.45) is 0 Å². The third kappa shape index (κ3) is 2.78. The molecule has 1 unspecified atom stereocenters. The van der Waals surface area contributed by atoms with Crippen molar-refractivity contribution in [2.75, 3.05) is 14.2 Å². The van der Waals surface area contributed by atoms with Gasteiger partial charge in [-0.1, -0.05) is 17.7 Å². The molecule has 0 saturated carbocycles. The van der Waals surface area contributed by atoms with Gasteiger partial charge in [-0.05, 0) is 31.4 Å². The summed E-state index contributed by atoms with van der Waals surface area (Å²) in [6.07, 6.45) is 2.07. The lowest BCUT2D eigenvalue weighted by Gasteiger charge is -2.25. The van der Waals surface area contributed by atoms with E-state index in [0.29, 0.717) is 29.4 Å². The van der Waals surface area contributed by atoms with Crippen LogP contribution in [0.2, 0.25) is 5.02 Å². The topological polar surface area (TPSA) is 47.6 Å². The molecule has 0 aromatic heterocycles. The Bertz CT molecular complexity index is 504. The van der Waals surface area contributed by atoms with Crippen LogP contribution in [0.1, 0.15) is 25.3 Å². The van der Waals surface area contributed by atoms with E-state index < -0.39 is 0 Å². The van der Waals surface area contributed by atoms with Crippen molar-refractivity contribution < 1.29 is 14.3 Å². The van der Waals surface area contributed by atoms with Gasteiger partial charge in [0.2, 0.25) is 5.91 Å². The third-order valence-electron chi connectivity index (χ3n) is 3.49. The van der Waals surface area contributed by atoms with Gasteiger partial charge in [0.1, 0.15) is 0 Å². The number of ether oxygens (including phenoxy) is 2. The molecular formula is C14H18ClNO3. The van der Waals surface area contributed by atoms with E-state index in [1.807, 2.05) is 19.1 Å². The first-order valence-corrected chi connectivity index (χ1v) is 6.57. The highest BCUT2D eigenvalue weighted by atomic mass is 35.5. The van der Waals surface area contributed by atoms with Crippen LogP contribution in [0, 0.1) is 0 Å². The van der Waals surface area contributed by atoms with Crippen molar-refractivity contribution in [1.82, 2.24) is 5.32 Å². The van der Waals surface area contributed by atoms with Crippen LogP contribution in [0.25, 0.3) is 0 Å². The Morgan fingerprint density at radius 1 is 1.37 bits per heavy atom. The molecule has 0 spiro atoms. The van der Waals surface area contributed by atoms with Crippen molar-refractivity contribution >= 4 is 17.5 Å². The van der Waals surface area contributed by atoms with Gasteiger partial charge in [-0.25, -0.2) is 0 Å². The van der Waals surface area contributed by atoms with Gasteiger partial charge in [-0.15, -0.1) is 0 Å². The van der Waals surface area contributed by atoms with E-state index in [0.717, 1.165) is 12.0 Å². The first-order valence-electron chi connectivity index (χ1n) is 6.19. The molecule has 0 aliphatic carbocycles. The lowest BCUT2D eigenvalue weighted by molar-refractivity contribution is -0.119. The summed E-state index contributed by atoms with van der Waals surface area (Å²) in [5, 5.41) is 3.55. The average Bonchev–Trinajstić information content (AvgIpc) is 2.71. The maximum atomic E-state index is 11.4. The van der Waals surface area contributed by atoms with Gasteiger partial charge in [-0.3, -0.25) is 4.79 Å². The Labute approximate surface area is 118 Å². The summed E-state index contributed by atoms with van der Waals surface area (Å²) in [4.78, 5) is 11.4. The molecule has 1 N–H and O–H groups in total. The fraction of sp³-hybridized carbons (Fsp3) is 0.500. The Balaban J connectivity index is 2.28. The van der Waals surface area contributed by atoms with Crippen molar-refractivity contribution in [3.05, 3.63) is 22.7 Å². The van der Waals surface area contributed by atoms with E-state index in [1.165, 1.54) is 0 Å². The standard InChI is InChI=1S/C14H18ClNO3/c1-14(7-6-11(17)16-14)8-9-4-5-10(18-2)13(19-3)12(9)15/h4-5H,6-8H2,1-3H3,(H,16,17). The number of amides is 1. The Hall–Kier alpha value is -1.42. The van der Waals surface area contributed by atoms with Crippen LogP contribution < -0.4 is 14.8 Å². The molecule has 1 aromatic carbocycles. The summed E-state index contributed by atoms with van der Waals surface area (Å²) < 4.78 is 10.5. The second-order valence-corrected chi connectivity index (χ2v) is 5.44. The summed E-state index contributed by atoms with van der Waals surface area (Å²) in [5.74, 6) is 1.24. The van der Waals surface area contributed by atoms with Gasteiger partial charge in [0.05, 0.1) is 19.2 Å². The van der Waals surface area contributed by atoms with Gasteiger partial charge in [0.15, 0.2) is 11.5 Å². The quantitative estimate of drug-likeness (QED) is 0.924. The number of hydrogen-bond acceptors (Lipinski definition) is 3. The number of carbonyl (C=O) groups excluding carboxylic acids is 1. The number of benzene rings is 1. The predicted molar refractivity (Wildman–Crippen MR) is 74.0 cm³/mol. The first-order chi connectivity index (χ1) is 8.99. The third-order valence-corrected chi connectivity index (χ3v) is 3.91. The highest BCUT2D eigenvalue weighted by Gasteiger charge is 2.34. The molecule has 5 heteroatoms. The highest BCUT2D eigenvalue weighted by molar-refractivity contribution is 6.33. The molecular weight excluding hydrogens is 266 g/mol. The van der Waals surface area contributed by atoms with Crippen LogP contribution in [-0.2, 0) is 11.2 Å². The summed E-state index contributed by atoms with van der Waals surface area (Å²) in [7, 11) is 3.14. The molecule has 1 amide bonds. The molecule has 1 heterocycles. The molecule has 0 bridgehead atoms. The van der Waals surface area contributed by atoms with Crippen molar-refractivity contribution in [2.45, 2.75) is 31.7 Å². The van der Waals surface area contributed by atoms with Crippen molar-refractivity contribution in [1.29, 1.82) is 0 Å². The van der Waals surface area contributed by atoms with Crippen molar-refractivity contribution in [3.63, 3.8) is 0 Å². The molecule has 0 radical (unpaired) electrons. The number of methoxy groups -OCH3 is 2. The maximum Gasteiger partial charge on any atom is 0.220 e. The van der Waals surface area contributed by atoms with Gasteiger partial charge in [0.25, 0.3) is 0 Å². The zero-order valence-electron chi connectivity index (χ0n) is 11.4. The van der Waals surface area contributed by atoms with E-state index in [-0.39, 0.29) is 11.4 Å². The SMILES string of the molecule is COc1ccc(CC2(C)CCC(=O)N2)c(Cl)c1OC. The van der Waals surface area contributed by atoms with E-state index in [9.17, 15) is 4.79 Å². The van der Waals surface area contributed by atoms with Crippen molar-refractivity contribution in [3.8, 4) is 11.5 Å². The monoisotopic (exact) mass is 283 g/mol. The van der Waals surface area contributed by atoms with Crippen LogP contribution in [0.15, 0.2) is 12.1 Å². The van der Waals surface area contributed by atoms with Crippen LogP contribution in [-0.4, -0.2) is 25.7 Å². The second kappa shape index (κ2) is 5.29. The fourth-order valence-corrected chi connectivity index (χ4v) is 2.77. The van der Waals surface area contributed by atoms with E-state index in [4.69, 9.17) is 21.1 Å². The van der Waals surface area contributed by atoms with E-state index in [1.54, 1.807) is 14.2 Å². The minimum Gasteiger partial charge on any atom is -0.493 e. The van der Waals surface area contributed by atoms with Crippen LogP contribution in [0.5, 0.6) is 11.5 Å². The first kappa shape index (κ1) is 14.0. The number of halogens is 1. The largest absolute Gasteiger partial charge is 0.493 e. The zero-order chi connectivity index (χ0) is 14.0. The molecule has 4 nitrogen and oxygen atoms in total. The Kier molecular flexibility index (Phi) is 3.90. The van der Waals surface area contributed by atoms with E-state index in [2.05, 4.69) is 5.32 Å². The number of carbonyl (C=O) groups is 1. The van der Waals surface area contributed by atoms with Gasteiger partial charge < -0.3 is 14.8 Å². The van der Waals surface area contributed by atoms with Gasteiger partial charge in [0, 0.05) is 12.0 Å². The number of rotatable bonds is 4. The molecule has 104 valence electrons. The minimum absolute atomic E-state index is 0.0964. The number of hydrogen-bond donors (Lipinski definition) is 1. The molecule has 1 aromatic rings. The smallest absolute Gasteiger partial charge is 0.220 e. The Morgan fingerprint density at radius 2 is 2.11 bits per heavy atom. The Morgan fingerprint density at radius 3 is 2.63 bits per heavy atom. The van der Waals surface area contributed by atoms with Crippen LogP contribution >= 0.6 is 11.6 Å². The molecule has 1 aliphatic rings.